The molecule has 1 amide bonds. The van der Waals surface area contributed by atoms with E-state index in [4.69, 9.17) is 5.21 Å². The number of carbonyl (C=O) groups excluding carboxylic acids is 1. The van der Waals surface area contributed by atoms with Gasteiger partial charge in [0, 0.05) is 0 Å². The molecule has 1 unspecified atom stereocenters. The Morgan fingerprint density at radius 2 is 1.62 bits per heavy atom. The summed E-state index contributed by atoms with van der Waals surface area (Å²) in [5.74, 6) is -1.20. The van der Waals surface area contributed by atoms with E-state index in [9.17, 15) is 9.90 Å². The highest BCUT2D eigenvalue weighted by Crippen LogP contribution is 2.34. The van der Waals surface area contributed by atoms with Gasteiger partial charge >= 0.3 is 0 Å². The van der Waals surface area contributed by atoms with Crippen molar-refractivity contribution in [2.45, 2.75) is 40.2 Å². The molecule has 4 heteroatoms. The van der Waals surface area contributed by atoms with E-state index in [0.29, 0.717) is 0 Å². The molecule has 0 saturated carbocycles. The van der Waals surface area contributed by atoms with Gasteiger partial charge in [-0.2, -0.15) is 0 Å². The highest BCUT2D eigenvalue weighted by Gasteiger charge is 2.41. The van der Waals surface area contributed by atoms with Crippen LogP contribution in [0.5, 0.6) is 0 Å². The summed E-state index contributed by atoms with van der Waals surface area (Å²) in [6, 6.07) is 0. The molecule has 0 aromatic carbocycles. The van der Waals surface area contributed by atoms with Crippen molar-refractivity contribution in [1.82, 2.24) is 5.48 Å². The molecular formula is C9H19NO3. The molecule has 0 rings (SSSR count). The van der Waals surface area contributed by atoms with E-state index in [1.54, 1.807) is 19.3 Å². The highest BCUT2D eigenvalue weighted by atomic mass is 16.5. The summed E-state index contributed by atoms with van der Waals surface area (Å²) in [6.07, 6.45) is 0. The molecule has 0 spiro atoms. The maximum absolute atomic E-state index is 11.3. The van der Waals surface area contributed by atoms with E-state index in [-0.39, 0.29) is 0 Å². The van der Waals surface area contributed by atoms with Gasteiger partial charge in [-0.3, -0.25) is 10.0 Å². The van der Waals surface area contributed by atoms with Crippen LogP contribution in [0.25, 0.3) is 0 Å². The summed E-state index contributed by atoms with van der Waals surface area (Å²) in [7, 11) is 0. The molecule has 0 aliphatic carbocycles. The van der Waals surface area contributed by atoms with Crippen LogP contribution in [0.4, 0.5) is 0 Å². The Balaban J connectivity index is 4.89. The van der Waals surface area contributed by atoms with Crippen molar-refractivity contribution in [3.8, 4) is 0 Å². The standard InChI is InChI=1S/C9H19NO3/c1-8(2,3)6(7(11)10-13)9(4,5)12/h6,12-13H,1-5H3,(H,10,11). The fourth-order valence-electron chi connectivity index (χ4n) is 1.84. The Morgan fingerprint density at radius 1 is 1.23 bits per heavy atom. The van der Waals surface area contributed by atoms with E-state index >= 15 is 0 Å². The first-order valence-corrected chi connectivity index (χ1v) is 4.27. The Hall–Kier alpha value is -0.610. The van der Waals surface area contributed by atoms with Crippen LogP contribution in [-0.4, -0.2) is 21.8 Å². The van der Waals surface area contributed by atoms with E-state index in [1.807, 2.05) is 20.8 Å². The van der Waals surface area contributed by atoms with Gasteiger partial charge in [-0.05, 0) is 19.3 Å². The number of hydrogen-bond donors (Lipinski definition) is 3. The fourth-order valence-corrected chi connectivity index (χ4v) is 1.84. The number of amides is 1. The number of rotatable bonds is 2. The summed E-state index contributed by atoms with van der Waals surface area (Å²) in [5, 5.41) is 18.3. The third-order valence-electron chi connectivity index (χ3n) is 1.94. The van der Waals surface area contributed by atoms with Crippen LogP contribution in [0.1, 0.15) is 34.6 Å². The number of carbonyl (C=O) groups is 1. The first-order valence-electron chi connectivity index (χ1n) is 4.27. The molecule has 0 fully saturated rings. The average molecular weight is 189 g/mol. The molecule has 3 N–H and O–H groups in total. The van der Waals surface area contributed by atoms with Gasteiger partial charge in [0.1, 0.15) is 0 Å². The lowest BCUT2D eigenvalue weighted by atomic mass is 9.71. The molecule has 0 heterocycles. The number of aliphatic hydroxyl groups is 1. The minimum Gasteiger partial charge on any atom is -0.390 e. The molecule has 1 atom stereocenters. The molecule has 0 aliphatic rings. The molecule has 78 valence electrons. The summed E-state index contributed by atoms with van der Waals surface area (Å²) < 4.78 is 0. The lowest BCUT2D eigenvalue weighted by Crippen LogP contribution is -2.49. The Bertz CT molecular complexity index is 174. The molecular weight excluding hydrogens is 170 g/mol. The minimum absolute atomic E-state index is 0.398. The third-order valence-corrected chi connectivity index (χ3v) is 1.94. The van der Waals surface area contributed by atoms with Crippen LogP contribution in [0, 0.1) is 11.3 Å². The van der Waals surface area contributed by atoms with Crippen LogP contribution < -0.4 is 5.48 Å². The van der Waals surface area contributed by atoms with Gasteiger partial charge in [0.15, 0.2) is 0 Å². The van der Waals surface area contributed by atoms with E-state index in [1.165, 1.54) is 0 Å². The number of hydroxylamine groups is 1. The van der Waals surface area contributed by atoms with Crippen LogP contribution in [0.15, 0.2) is 0 Å². The van der Waals surface area contributed by atoms with E-state index in [0.717, 1.165) is 0 Å². The first kappa shape index (κ1) is 12.4. The van der Waals surface area contributed by atoms with Crippen molar-refractivity contribution in [3.05, 3.63) is 0 Å². The van der Waals surface area contributed by atoms with Gasteiger partial charge in [-0.15, -0.1) is 0 Å². The topological polar surface area (TPSA) is 69.6 Å². The second kappa shape index (κ2) is 3.64. The third kappa shape index (κ3) is 3.32. The Morgan fingerprint density at radius 3 is 1.69 bits per heavy atom. The lowest BCUT2D eigenvalue weighted by molar-refractivity contribution is -0.148. The van der Waals surface area contributed by atoms with E-state index in [2.05, 4.69) is 0 Å². The van der Waals surface area contributed by atoms with Gasteiger partial charge < -0.3 is 5.11 Å². The zero-order valence-corrected chi connectivity index (χ0v) is 8.88. The summed E-state index contributed by atoms with van der Waals surface area (Å²) >= 11 is 0. The summed E-state index contributed by atoms with van der Waals surface area (Å²) in [4.78, 5) is 11.3. The van der Waals surface area contributed by atoms with Crippen LogP contribution in [0.2, 0.25) is 0 Å². The van der Waals surface area contributed by atoms with Crippen molar-refractivity contribution in [2.75, 3.05) is 0 Å². The second-order valence-electron chi connectivity index (χ2n) is 4.93. The summed E-state index contributed by atoms with van der Waals surface area (Å²) in [5.41, 5.74) is 0.0337. The predicted molar refractivity (Wildman–Crippen MR) is 49.2 cm³/mol. The zero-order valence-electron chi connectivity index (χ0n) is 8.88. The smallest absolute Gasteiger partial charge is 0.249 e. The maximum Gasteiger partial charge on any atom is 0.249 e. The highest BCUT2D eigenvalue weighted by molar-refractivity contribution is 5.79. The normalized spacial score (nSPS) is 15.3. The quantitative estimate of drug-likeness (QED) is 0.447. The molecule has 13 heavy (non-hydrogen) atoms. The molecule has 0 saturated heterocycles. The largest absolute Gasteiger partial charge is 0.390 e. The van der Waals surface area contributed by atoms with Crippen molar-refractivity contribution >= 4 is 5.91 Å². The molecule has 0 aromatic heterocycles. The molecule has 4 nitrogen and oxygen atoms in total. The van der Waals surface area contributed by atoms with Gasteiger partial charge in [-0.25, -0.2) is 5.48 Å². The average Bonchev–Trinajstić information content (AvgIpc) is 1.80. The number of nitrogens with one attached hydrogen (secondary N) is 1. The monoisotopic (exact) mass is 189 g/mol. The van der Waals surface area contributed by atoms with Gasteiger partial charge in [0.25, 0.3) is 0 Å². The van der Waals surface area contributed by atoms with Crippen molar-refractivity contribution in [2.24, 2.45) is 11.3 Å². The van der Waals surface area contributed by atoms with Crippen molar-refractivity contribution < 1.29 is 15.1 Å². The predicted octanol–water partition coefficient (Wildman–Crippen LogP) is 0.925. The molecule has 0 bridgehead atoms. The van der Waals surface area contributed by atoms with Gasteiger partial charge in [-0.1, -0.05) is 20.8 Å². The first-order chi connectivity index (χ1) is 5.60. The van der Waals surface area contributed by atoms with Crippen LogP contribution in [0.3, 0.4) is 0 Å². The van der Waals surface area contributed by atoms with Crippen molar-refractivity contribution in [3.63, 3.8) is 0 Å². The minimum atomic E-state index is -1.15. The second-order valence-corrected chi connectivity index (χ2v) is 4.93. The molecule has 0 aromatic rings. The maximum atomic E-state index is 11.3. The fraction of sp³-hybridized carbons (Fsp3) is 0.889. The zero-order chi connectivity index (χ0) is 10.9. The van der Waals surface area contributed by atoms with Gasteiger partial charge in [0.05, 0.1) is 11.5 Å². The van der Waals surface area contributed by atoms with E-state index < -0.39 is 22.8 Å². The van der Waals surface area contributed by atoms with Crippen LogP contribution >= 0.6 is 0 Å². The lowest BCUT2D eigenvalue weighted by Gasteiger charge is -2.37. The molecule has 0 radical (unpaired) electrons. The molecule has 0 aliphatic heterocycles. The Kier molecular flexibility index (Phi) is 3.47. The summed E-state index contributed by atoms with van der Waals surface area (Å²) in [6.45, 7) is 8.62. The van der Waals surface area contributed by atoms with Gasteiger partial charge in [0.2, 0.25) is 5.91 Å². The Labute approximate surface area is 78.9 Å². The SMILES string of the molecule is CC(C)(C)C(C(=O)NO)C(C)(C)O. The number of hydrogen-bond acceptors (Lipinski definition) is 3. The van der Waals surface area contributed by atoms with Crippen LogP contribution in [-0.2, 0) is 4.79 Å². The van der Waals surface area contributed by atoms with Crippen molar-refractivity contribution in [1.29, 1.82) is 0 Å².